The van der Waals surface area contributed by atoms with Crippen molar-refractivity contribution in [3.05, 3.63) is 0 Å². The molecule has 0 aromatic rings. The van der Waals surface area contributed by atoms with E-state index in [0.29, 0.717) is 39.0 Å². The summed E-state index contributed by atoms with van der Waals surface area (Å²) in [6.45, 7) is 2.55. The minimum absolute atomic E-state index is 0.0391. The van der Waals surface area contributed by atoms with Crippen molar-refractivity contribution >= 4 is 20.7 Å². The molecule has 0 aromatic carbocycles. The SMILES string of the molecule is COCCOCCNC(=N)NC(=N)NCCC[Si](OC)(OC)OC. The van der Waals surface area contributed by atoms with Gasteiger partial charge in [0.05, 0.1) is 19.8 Å². The quantitative estimate of drug-likeness (QED) is 0.128. The number of nitrogens with one attached hydrogen (secondary N) is 5. The van der Waals surface area contributed by atoms with Gasteiger partial charge in [-0.15, -0.1) is 0 Å². The Morgan fingerprint density at radius 2 is 1.42 bits per heavy atom. The molecule has 10 nitrogen and oxygen atoms in total. The van der Waals surface area contributed by atoms with Crippen LogP contribution in [0.2, 0.25) is 6.04 Å². The molecule has 0 unspecified atom stereocenters. The lowest BCUT2D eigenvalue weighted by Gasteiger charge is -2.24. The third-order valence-electron chi connectivity index (χ3n) is 3.12. The van der Waals surface area contributed by atoms with Crippen molar-refractivity contribution in [1.82, 2.24) is 16.0 Å². The maximum absolute atomic E-state index is 7.73. The van der Waals surface area contributed by atoms with Gasteiger partial charge in [0.2, 0.25) is 0 Å². The van der Waals surface area contributed by atoms with Gasteiger partial charge in [0, 0.05) is 47.6 Å². The topological polar surface area (TPSA) is 130 Å². The molecular formula is C13H31N5O5Si. The van der Waals surface area contributed by atoms with Gasteiger partial charge in [0.1, 0.15) is 0 Å². The molecule has 11 heteroatoms. The largest absolute Gasteiger partial charge is 0.500 e. The maximum atomic E-state index is 7.73. The summed E-state index contributed by atoms with van der Waals surface area (Å²) in [7, 11) is 3.77. The number of hydrogen-bond donors (Lipinski definition) is 5. The van der Waals surface area contributed by atoms with Crippen molar-refractivity contribution in [2.75, 3.05) is 61.3 Å². The average Bonchev–Trinajstić information content (AvgIpc) is 2.59. The summed E-state index contributed by atoms with van der Waals surface area (Å²) >= 11 is 0. The van der Waals surface area contributed by atoms with Gasteiger partial charge in [-0.05, 0) is 6.42 Å². The number of methoxy groups -OCH3 is 1. The van der Waals surface area contributed by atoms with E-state index in [1.807, 2.05) is 0 Å². The molecule has 0 saturated heterocycles. The first kappa shape index (κ1) is 22.8. The molecule has 0 radical (unpaired) electrons. The van der Waals surface area contributed by atoms with Gasteiger partial charge in [-0.2, -0.15) is 0 Å². The number of hydrogen-bond acceptors (Lipinski definition) is 7. The standard InChI is InChI=1S/C13H31N5O5Si/c1-19-9-10-23-8-7-17-13(15)18-12(14)16-6-5-11-24(20-2,21-3)22-4/h5-11H2,1-4H3,(H5,14,15,16,17,18). The van der Waals surface area contributed by atoms with E-state index in [-0.39, 0.29) is 11.9 Å². The van der Waals surface area contributed by atoms with Crippen LogP contribution in [0.4, 0.5) is 0 Å². The van der Waals surface area contributed by atoms with E-state index in [1.165, 1.54) is 0 Å². The molecule has 5 N–H and O–H groups in total. The van der Waals surface area contributed by atoms with Crippen LogP contribution in [0.25, 0.3) is 0 Å². The summed E-state index contributed by atoms with van der Waals surface area (Å²) in [5.74, 6) is 0.0876. The van der Waals surface area contributed by atoms with Crippen molar-refractivity contribution in [2.45, 2.75) is 12.5 Å². The minimum atomic E-state index is -2.56. The molecule has 24 heavy (non-hydrogen) atoms. The van der Waals surface area contributed by atoms with Gasteiger partial charge in [-0.1, -0.05) is 0 Å². The van der Waals surface area contributed by atoms with Crippen LogP contribution in [-0.4, -0.2) is 82.1 Å². The second kappa shape index (κ2) is 14.1. The van der Waals surface area contributed by atoms with Crippen molar-refractivity contribution in [3.8, 4) is 0 Å². The van der Waals surface area contributed by atoms with Crippen LogP contribution in [0.15, 0.2) is 0 Å². The van der Waals surface area contributed by atoms with Gasteiger partial charge >= 0.3 is 8.80 Å². The van der Waals surface area contributed by atoms with Crippen LogP contribution in [0, 0.1) is 10.8 Å². The molecule has 142 valence electrons. The van der Waals surface area contributed by atoms with Gasteiger partial charge in [0.25, 0.3) is 0 Å². The highest BCUT2D eigenvalue weighted by Crippen LogP contribution is 2.14. The summed E-state index contributed by atoms with van der Waals surface area (Å²) in [5, 5.41) is 23.7. The van der Waals surface area contributed by atoms with Crippen LogP contribution in [0.5, 0.6) is 0 Å². The second-order valence-corrected chi connectivity index (χ2v) is 7.82. The summed E-state index contributed by atoms with van der Waals surface area (Å²) in [5.41, 5.74) is 0. The first-order valence-electron chi connectivity index (χ1n) is 7.67. The Hall–Kier alpha value is -1.24. The molecular weight excluding hydrogens is 334 g/mol. The zero-order valence-corrected chi connectivity index (χ0v) is 16.0. The summed E-state index contributed by atoms with van der Waals surface area (Å²) < 4.78 is 26.1. The van der Waals surface area contributed by atoms with E-state index in [4.69, 9.17) is 33.6 Å². The Balaban J connectivity index is 3.73. The third kappa shape index (κ3) is 10.5. The predicted molar refractivity (Wildman–Crippen MR) is 93.5 cm³/mol. The van der Waals surface area contributed by atoms with E-state index in [0.717, 1.165) is 6.42 Å². The van der Waals surface area contributed by atoms with Gasteiger partial charge in [-0.3, -0.25) is 16.1 Å². The Bertz CT molecular complexity index is 349. The molecule has 0 rings (SSSR count). The van der Waals surface area contributed by atoms with Crippen molar-refractivity contribution in [3.63, 3.8) is 0 Å². The molecule has 0 bridgehead atoms. The first-order valence-corrected chi connectivity index (χ1v) is 9.60. The van der Waals surface area contributed by atoms with E-state index in [2.05, 4.69) is 16.0 Å². The molecule has 0 saturated carbocycles. The van der Waals surface area contributed by atoms with Crippen molar-refractivity contribution < 1.29 is 22.8 Å². The van der Waals surface area contributed by atoms with Crippen LogP contribution in [0.3, 0.4) is 0 Å². The molecule has 0 aliphatic heterocycles. The Labute approximate surface area is 144 Å². The molecule has 0 aromatic heterocycles. The fraction of sp³-hybridized carbons (Fsp3) is 0.846. The van der Waals surface area contributed by atoms with Crippen LogP contribution in [0.1, 0.15) is 6.42 Å². The summed E-state index contributed by atoms with van der Waals surface area (Å²) in [6, 6.07) is 0.644. The highest BCUT2D eigenvalue weighted by molar-refractivity contribution is 6.60. The van der Waals surface area contributed by atoms with E-state index >= 15 is 0 Å². The number of guanidine groups is 2. The summed E-state index contributed by atoms with van der Waals surface area (Å²) in [6.07, 6.45) is 0.722. The Morgan fingerprint density at radius 1 is 0.833 bits per heavy atom. The molecule has 0 heterocycles. The number of rotatable bonds is 13. The third-order valence-corrected chi connectivity index (χ3v) is 5.96. The lowest BCUT2D eigenvalue weighted by Crippen LogP contribution is -2.47. The van der Waals surface area contributed by atoms with Crippen molar-refractivity contribution in [1.29, 1.82) is 10.8 Å². The van der Waals surface area contributed by atoms with Gasteiger partial charge < -0.3 is 33.4 Å². The van der Waals surface area contributed by atoms with Gasteiger partial charge in [0.15, 0.2) is 11.9 Å². The highest BCUT2D eigenvalue weighted by Gasteiger charge is 2.36. The predicted octanol–water partition coefficient (Wildman–Crippen LogP) is -0.444. The molecule has 0 spiro atoms. The number of ether oxygens (including phenoxy) is 2. The molecule has 0 amide bonds. The van der Waals surface area contributed by atoms with Crippen LogP contribution >= 0.6 is 0 Å². The lowest BCUT2D eigenvalue weighted by molar-refractivity contribution is 0.0733. The van der Waals surface area contributed by atoms with E-state index in [9.17, 15) is 0 Å². The molecule has 0 atom stereocenters. The van der Waals surface area contributed by atoms with E-state index in [1.54, 1.807) is 28.4 Å². The van der Waals surface area contributed by atoms with Crippen LogP contribution in [-0.2, 0) is 22.8 Å². The Morgan fingerprint density at radius 3 is 1.96 bits per heavy atom. The average molecular weight is 366 g/mol. The second-order valence-electron chi connectivity index (χ2n) is 4.73. The normalized spacial score (nSPS) is 11.2. The molecule has 0 aliphatic carbocycles. The molecule has 0 fully saturated rings. The van der Waals surface area contributed by atoms with E-state index < -0.39 is 8.80 Å². The Kier molecular flexibility index (Phi) is 13.4. The monoisotopic (exact) mass is 365 g/mol. The first-order chi connectivity index (χ1) is 11.5. The van der Waals surface area contributed by atoms with Gasteiger partial charge in [-0.25, -0.2) is 0 Å². The van der Waals surface area contributed by atoms with Crippen molar-refractivity contribution in [2.24, 2.45) is 0 Å². The lowest BCUT2D eigenvalue weighted by atomic mass is 10.5. The fourth-order valence-electron chi connectivity index (χ4n) is 1.78. The zero-order valence-electron chi connectivity index (χ0n) is 15.0. The minimum Gasteiger partial charge on any atom is -0.382 e. The maximum Gasteiger partial charge on any atom is 0.500 e. The molecule has 0 aliphatic rings. The zero-order chi connectivity index (χ0) is 18.3. The van der Waals surface area contributed by atoms with Crippen LogP contribution < -0.4 is 16.0 Å². The fourth-order valence-corrected chi connectivity index (χ4v) is 3.50. The summed E-state index contributed by atoms with van der Waals surface area (Å²) in [4.78, 5) is 0. The highest BCUT2D eigenvalue weighted by atomic mass is 28.4. The smallest absolute Gasteiger partial charge is 0.382 e.